The predicted octanol–water partition coefficient (Wildman–Crippen LogP) is -3.07. The van der Waals surface area contributed by atoms with Crippen molar-refractivity contribution in [2.75, 3.05) is 13.2 Å². The first-order valence-corrected chi connectivity index (χ1v) is 4.30. The van der Waals surface area contributed by atoms with Crippen LogP contribution >= 0.6 is 0 Å². The lowest BCUT2D eigenvalue weighted by molar-refractivity contribution is -0.0682. The van der Waals surface area contributed by atoms with E-state index >= 15 is 0 Å². The molecule has 0 saturated carbocycles. The van der Waals surface area contributed by atoms with Gasteiger partial charge < -0.3 is 20.4 Å². The zero-order valence-electron chi connectivity index (χ0n) is 7.22. The van der Waals surface area contributed by atoms with Crippen LogP contribution in [-0.2, 0) is 0 Å². The van der Waals surface area contributed by atoms with Crippen LogP contribution in [-0.4, -0.2) is 57.9 Å². The molecule has 0 aliphatic carbocycles. The molecule has 0 spiro atoms. The van der Waals surface area contributed by atoms with E-state index < -0.39 is 24.4 Å². The Morgan fingerprint density at radius 1 is 1.38 bits per heavy atom. The summed E-state index contributed by atoms with van der Waals surface area (Å²) >= 11 is 0. The summed E-state index contributed by atoms with van der Waals surface area (Å²) in [5.41, 5.74) is 5.32. The first-order chi connectivity index (χ1) is 6.16. The molecule has 6 heteroatoms. The highest BCUT2D eigenvalue weighted by Gasteiger charge is 2.34. The van der Waals surface area contributed by atoms with Crippen molar-refractivity contribution in [3.8, 4) is 0 Å². The molecule has 6 nitrogen and oxygen atoms in total. The van der Waals surface area contributed by atoms with E-state index in [0.29, 0.717) is 0 Å². The van der Waals surface area contributed by atoms with E-state index in [1.165, 1.54) is 0 Å². The summed E-state index contributed by atoms with van der Waals surface area (Å²) in [5.74, 6) is 0. The summed E-state index contributed by atoms with van der Waals surface area (Å²) in [6, 6.07) is -0.643. The molecule has 1 aliphatic rings. The van der Waals surface area contributed by atoms with Gasteiger partial charge in [-0.2, -0.15) is 0 Å². The molecule has 1 fully saturated rings. The highest BCUT2D eigenvalue weighted by atomic mass is 16.3. The Bertz CT molecular complexity index is 157. The molecule has 0 radical (unpaired) electrons. The average Bonchev–Trinajstić information content (AvgIpc) is 2.10. The van der Waals surface area contributed by atoms with Gasteiger partial charge in [0.05, 0.1) is 18.2 Å². The van der Waals surface area contributed by atoms with E-state index in [1.54, 1.807) is 0 Å². The normalized spacial score (nSPS) is 37.4. The molecule has 0 bridgehead atoms. The summed E-state index contributed by atoms with van der Waals surface area (Å²) in [6.07, 6.45) is -2.60. The predicted molar refractivity (Wildman–Crippen MR) is 44.6 cm³/mol. The number of hydrazine groups is 1. The van der Waals surface area contributed by atoms with Crippen LogP contribution in [0.25, 0.3) is 0 Å². The lowest BCUT2D eigenvalue weighted by Gasteiger charge is -2.35. The SMILES string of the molecule is OCCC(O)C1NNCC(O)C1O. The van der Waals surface area contributed by atoms with Gasteiger partial charge >= 0.3 is 0 Å². The molecule has 0 aromatic heterocycles. The molecule has 1 rings (SSSR count). The van der Waals surface area contributed by atoms with E-state index in [0.717, 1.165) is 0 Å². The van der Waals surface area contributed by atoms with Crippen molar-refractivity contribution < 1.29 is 20.4 Å². The van der Waals surface area contributed by atoms with Crippen LogP contribution in [0.1, 0.15) is 6.42 Å². The first-order valence-electron chi connectivity index (χ1n) is 4.30. The van der Waals surface area contributed by atoms with E-state index in [-0.39, 0.29) is 19.6 Å². The summed E-state index contributed by atoms with van der Waals surface area (Å²) in [7, 11) is 0. The van der Waals surface area contributed by atoms with E-state index in [2.05, 4.69) is 10.9 Å². The van der Waals surface area contributed by atoms with Gasteiger partial charge in [0.2, 0.25) is 0 Å². The van der Waals surface area contributed by atoms with E-state index in [4.69, 9.17) is 5.11 Å². The standard InChI is InChI=1S/C7H16N2O4/c10-2-1-4(11)6-7(13)5(12)3-8-9-6/h4-13H,1-3H2. The molecule has 0 aromatic rings. The van der Waals surface area contributed by atoms with Gasteiger partial charge in [0, 0.05) is 13.2 Å². The largest absolute Gasteiger partial charge is 0.396 e. The monoisotopic (exact) mass is 192 g/mol. The smallest absolute Gasteiger partial charge is 0.100 e. The van der Waals surface area contributed by atoms with Crippen LogP contribution in [0.2, 0.25) is 0 Å². The van der Waals surface area contributed by atoms with Gasteiger partial charge in [0.1, 0.15) is 6.10 Å². The fourth-order valence-corrected chi connectivity index (χ4v) is 1.36. The minimum atomic E-state index is -1.01. The third-order valence-corrected chi connectivity index (χ3v) is 2.18. The van der Waals surface area contributed by atoms with Gasteiger partial charge in [-0.1, -0.05) is 0 Å². The highest BCUT2D eigenvalue weighted by molar-refractivity contribution is 4.90. The van der Waals surface area contributed by atoms with Gasteiger partial charge in [-0.3, -0.25) is 5.43 Å². The number of β-amino-alcohol motifs (C(OH)–C–C–N with tert-alkyl or cyclic N) is 1. The van der Waals surface area contributed by atoms with Gasteiger partial charge in [0.25, 0.3) is 0 Å². The highest BCUT2D eigenvalue weighted by Crippen LogP contribution is 2.09. The van der Waals surface area contributed by atoms with Crippen LogP contribution in [0.4, 0.5) is 0 Å². The topological polar surface area (TPSA) is 105 Å². The summed E-state index contributed by atoms with van der Waals surface area (Å²) in [4.78, 5) is 0. The van der Waals surface area contributed by atoms with Crippen LogP contribution < -0.4 is 10.9 Å². The Balaban J connectivity index is 2.46. The number of nitrogens with one attached hydrogen (secondary N) is 2. The summed E-state index contributed by atoms with van der Waals surface area (Å²) in [6.45, 7) is 0.0890. The quantitative estimate of drug-likeness (QED) is 0.283. The second-order valence-electron chi connectivity index (χ2n) is 3.19. The number of hydrogen-bond acceptors (Lipinski definition) is 6. The Kier molecular flexibility index (Phi) is 4.04. The maximum absolute atomic E-state index is 9.44. The van der Waals surface area contributed by atoms with Crippen molar-refractivity contribution in [2.24, 2.45) is 0 Å². The Labute approximate surface area is 76.2 Å². The molecule has 13 heavy (non-hydrogen) atoms. The molecule has 1 aliphatic heterocycles. The second-order valence-corrected chi connectivity index (χ2v) is 3.19. The molecule has 0 amide bonds. The molecule has 1 heterocycles. The fourth-order valence-electron chi connectivity index (χ4n) is 1.36. The Hall–Kier alpha value is -0.240. The second kappa shape index (κ2) is 4.85. The lowest BCUT2D eigenvalue weighted by atomic mass is 9.97. The molecular weight excluding hydrogens is 176 g/mol. The number of aliphatic hydroxyl groups excluding tert-OH is 4. The van der Waals surface area contributed by atoms with Crippen molar-refractivity contribution in [3.05, 3.63) is 0 Å². The third kappa shape index (κ3) is 2.60. The number of rotatable bonds is 3. The maximum Gasteiger partial charge on any atom is 0.100 e. The van der Waals surface area contributed by atoms with Crippen molar-refractivity contribution in [3.63, 3.8) is 0 Å². The zero-order chi connectivity index (χ0) is 9.84. The van der Waals surface area contributed by atoms with Gasteiger partial charge in [0.15, 0.2) is 0 Å². The first kappa shape index (κ1) is 10.8. The minimum Gasteiger partial charge on any atom is -0.396 e. The Morgan fingerprint density at radius 2 is 2.08 bits per heavy atom. The number of aliphatic hydroxyl groups is 4. The van der Waals surface area contributed by atoms with Crippen LogP contribution in [0.15, 0.2) is 0 Å². The lowest BCUT2D eigenvalue weighted by Crippen LogP contribution is -2.64. The Morgan fingerprint density at radius 3 is 2.69 bits per heavy atom. The maximum atomic E-state index is 9.44. The minimum absolute atomic E-state index is 0.151. The van der Waals surface area contributed by atoms with Gasteiger partial charge in [-0.05, 0) is 6.42 Å². The molecule has 0 aromatic carbocycles. The van der Waals surface area contributed by atoms with Crippen molar-refractivity contribution in [1.29, 1.82) is 0 Å². The fraction of sp³-hybridized carbons (Fsp3) is 1.00. The van der Waals surface area contributed by atoms with Crippen molar-refractivity contribution >= 4 is 0 Å². The van der Waals surface area contributed by atoms with Crippen LogP contribution in [0, 0.1) is 0 Å². The molecule has 4 atom stereocenters. The van der Waals surface area contributed by atoms with Crippen molar-refractivity contribution in [2.45, 2.75) is 30.8 Å². The van der Waals surface area contributed by atoms with E-state index in [1.807, 2.05) is 0 Å². The van der Waals surface area contributed by atoms with Crippen LogP contribution in [0.5, 0.6) is 0 Å². The summed E-state index contributed by atoms with van der Waals surface area (Å²) in [5, 5.41) is 36.7. The zero-order valence-corrected chi connectivity index (χ0v) is 7.22. The number of hydrogen-bond donors (Lipinski definition) is 6. The molecule has 1 saturated heterocycles. The van der Waals surface area contributed by atoms with E-state index in [9.17, 15) is 15.3 Å². The van der Waals surface area contributed by atoms with Crippen molar-refractivity contribution in [1.82, 2.24) is 10.9 Å². The molecule has 4 unspecified atom stereocenters. The molecule has 6 N–H and O–H groups in total. The third-order valence-electron chi connectivity index (χ3n) is 2.18. The summed E-state index contributed by atoms with van der Waals surface area (Å²) < 4.78 is 0. The van der Waals surface area contributed by atoms with Crippen LogP contribution in [0.3, 0.4) is 0 Å². The average molecular weight is 192 g/mol. The van der Waals surface area contributed by atoms with Gasteiger partial charge in [-0.15, -0.1) is 0 Å². The molecular formula is C7H16N2O4. The molecule has 78 valence electrons. The van der Waals surface area contributed by atoms with Gasteiger partial charge in [-0.25, -0.2) is 5.43 Å².